The molecule has 1 N–H and O–H groups in total. The van der Waals surface area contributed by atoms with E-state index in [1.54, 1.807) is 14.2 Å². The van der Waals surface area contributed by atoms with Crippen LogP contribution in [0.15, 0.2) is 59.5 Å². The van der Waals surface area contributed by atoms with Crippen LogP contribution in [0.25, 0.3) is 5.69 Å². The van der Waals surface area contributed by atoms with E-state index in [0.29, 0.717) is 13.1 Å². The Hall–Kier alpha value is -3.10. The number of nitrogens with zero attached hydrogens (tertiary/aromatic N) is 2. The van der Waals surface area contributed by atoms with Gasteiger partial charge in [0, 0.05) is 47.5 Å². The van der Waals surface area contributed by atoms with E-state index in [1.165, 1.54) is 22.0 Å². The predicted octanol–water partition coefficient (Wildman–Crippen LogP) is 5.65. The number of methoxy groups -OCH3 is 2. The van der Waals surface area contributed by atoms with Crippen molar-refractivity contribution in [2.45, 2.75) is 43.1 Å². The second-order valence-electron chi connectivity index (χ2n) is 9.82. The van der Waals surface area contributed by atoms with Gasteiger partial charge in [-0.3, -0.25) is 4.90 Å². The largest absolute Gasteiger partial charge is 0.497 e. The topological polar surface area (TPSA) is 65.0 Å². The Morgan fingerprint density at radius 1 is 1.08 bits per heavy atom. The molecule has 36 heavy (non-hydrogen) atoms. The van der Waals surface area contributed by atoms with Crippen molar-refractivity contribution in [3.05, 3.63) is 71.5 Å². The average molecular weight is 510 g/mol. The van der Waals surface area contributed by atoms with Crippen LogP contribution in [0.1, 0.15) is 43.0 Å². The Balaban J connectivity index is 1.56. The van der Waals surface area contributed by atoms with E-state index in [4.69, 9.17) is 14.2 Å². The van der Waals surface area contributed by atoms with Crippen LogP contribution in [-0.2, 0) is 11.3 Å². The quantitative estimate of drug-likeness (QED) is 0.424. The lowest BCUT2D eigenvalue weighted by atomic mass is 10.1. The number of para-hydroxylation sites is 1. The number of aromatic nitrogens is 1. The minimum absolute atomic E-state index is 0.0775. The molecule has 1 aliphatic heterocycles. The van der Waals surface area contributed by atoms with Crippen molar-refractivity contribution in [3.63, 3.8) is 0 Å². The average Bonchev–Trinajstić information content (AvgIpc) is 3.25. The standard InChI is InChI=1S/C28H35N3O4S/c1-28(2,3)35-27(32)29-15-16-30(4)18-19-11-14-23-26(21-13-12-20(33-5)17-24(21)34-6)36-25-10-8-7-9-22(25)31(19)23/h7-14,17,26H,15-16,18H2,1-6H3,(H,29,32). The molecule has 0 aliphatic carbocycles. The lowest BCUT2D eigenvalue weighted by molar-refractivity contribution is 0.0523. The third-order valence-corrected chi connectivity index (χ3v) is 7.26. The molecule has 1 amide bonds. The first-order chi connectivity index (χ1) is 17.2. The van der Waals surface area contributed by atoms with Gasteiger partial charge in [0.1, 0.15) is 17.1 Å². The molecule has 0 radical (unpaired) electrons. The van der Waals surface area contributed by atoms with Gasteiger partial charge in [-0.2, -0.15) is 0 Å². The molecule has 7 nitrogen and oxygen atoms in total. The number of ether oxygens (including phenoxy) is 3. The van der Waals surface area contributed by atoms with Crippen molar-refractivity contribution in [3.8, 4) is 17.2 Å². The first-order valence-electron chi connectivity index (χ1n) is 12.0. The molecular weight excluding hydrogens is 474 g/mol. The molecule has 192 valence electrons. The minimum atomic E-state index is -0.504. The molecular formula is C28H35N3O4S. The van der Waals surface area contributed by atoms with Crippen molar-refractivity contribution >= 4 is 17.9 Å². The number of nitrogens with one attached hydrogen (secondary N) is 1. The molecule has 1 aromatic heterocycles. The molecule has 4 rings (SSSR count). The highest BCUT2D eigenvalue weighted by Crippen LogP contribution is 2.50. The summed E-state index contributed by atoms with van der Waals surface area (Å²) in [5.41, 5.74) is 4.18. The molecule has 1 unspecified atom stereocenters. The summed E-state index contributed by atoms with van der Waals surface area (Å²) in [6.07, 6.45) is -0.391. The van der Waals surface area contributed by atoms with E-state index in [0.717, 1.165) is 23.6 Å². The van der Waals surface area contributed by atoms with Crippen LogP contribution in [-0.4, -0.2) is 55.5 Å². The van der Waals surface area contributed by atoms with Gasteiger partial charge in [0.05, 0.1) is 25.2 Å². The molecule has 0 fully saturated rings. The van der Waals surface area contributed by atoms with Crippen LogP contribution >= 0.6 is 11.8 Å². The van der Waals surface area contributed by atoms with Crippen LogP contribution in [0.3, 0.4) is 0 Å². The third kappa shape index (κ3) is 5.82. The van der Waals surface area contributed by atoms with Crippen LogP contribution in [0.2, 0.25) is 0 Å². The molecule has 0 saturated carbocycles. The molecule has 2 aromatic carbocycles. The lowest BCUT2D eigenvalue weighted by Crippen LogP contribution is -2.37. The Morgan fingerprint density at radius 3 is 2.58 bits per heavy atom. The lowest BCUT2D eigenvalue weighted by Gasteiger charge is -2.30. The zero-order chi connectivity index (χ0) is 25.9. The van der Waals surface area contributed by atoms with E-state index in [-0.39, 0.29) is 5.25 Å². The smallest absolute Gasteiger partial charge is 0.407 e. The van der Waals surface area contributed by atoms with E-state index < -0.39 is 11.7 Å². The maximum Gasteiger partial charge on any atom is 0.407 e. The van der Waals surface area contributed by atoms with Gasteiger partial charge in [0.15, 0.2) is 0 Å². The number of hydrogen-bond donors (Lipinski definition) is 1. The maximum absolute atomic E-state index is 12.0. The molecule has 8 heteroatoms. The van der Waals surface area contributed by atoms with E-state index >= 15 is 0 Å². The molecule has 3 aromatic rings. The second kappa shape index (κ2) is 10.9. The number of rotatable bonds is 8. The van der Waals surface area contributed by atoms with Crippen molar-refractivity contribution in [2.24, 2.45) is 0 Å². The molecule has 1 aliphatic rings. The Labute approximate surface area is 217 Å². The van der Waals surface area contributed by atoms with Crippen molar-refractivity contribution < 1.29 is 19.0 Å². The first kappa shape index (κ1) is 26.0. The zero-order valence-electron chi connectivity index (χ0n) is 21.8. The Kier molecular flexibility index (Phi) is 7.85. The molecule has 1 atom stereocenters. The van der Waals surface area contributed by atoms with Crippen molar-refractivity contribution in [1.82, 2.24) is 14.8 Å². The number of amides is 1. The maximum atomic E-state index is 12.0. The number of carbonyl (C=O) groups excluding carboxylic acids is 1. The molecule has 2 heterocycles. The number of thioether (sulfide) groups is 1. The van der Waals surface area contributed by atoms with Gasteiger partial charge in [0.25, 0.3) is 0 Å². The summed E-state index contributed by atoms with van der Waals surface area (Å²) in [5, 5.41) is 2.92. The fourth-order valence-corrected chi connectivity index (χ4v) is 5.64. The highest BCUT2D eigenvalue weighted by Gasteiger charge is 2.30. The fourth-order valence-electron chi connectivity index (χ4n) is 4.32. The molecule has 0 spiro atoms. The molecule has 0 saturated heterocycles. The SMILES string of the molecule is COc1ccc(C2Sc3ccccc3-n3c(CN(C)CCNC(=O)OC(C)(C)C)ccc32)c(OC)c1. The Bertz CT molecular complexity index is 1220. The second-order valence-corrected chi connectivity index (χ2v) is 11.0. The summed E-state index contributed by atoms with van der Waals surface area (Å²) in [7, 11) is 5.42. The van der Waals surface area contributed by atoms with Gasteiger partial charge >= 0.3 is 6.09 Å². The summed E-state index contributed by atoms with van der Waals surface area (Å²) in [6.45, 7) is 7.53. The number of carbonyl (C=O) groups is 1. The van der Waals surface area contributed by atoms with E-state index in [1.807, 2.05) is 44.7 Å². The first-order valence-corrected chi connectivity index (χ1v) is 12.9. The van der Waals surface area contributed by atoms with Gasteiger partial charge in [-0.15, -0.1) is 11.8 Å². The summed E-state index contributed by atoms with van der Waals surface area (Å²) < 4.78 is 18.9. The number of likely N-dealkylation sites (N-methyl/N-ethyl adjacent to an activating group) is 1. The number of benzene rings is 2. The van der Waals surface area contributed by atoms with Crippen LogP contribution < -0.4 is 14.8 Å². The zero-order valence-corrected chi connectivity index (χ0v) is 22.6. The predicted molar refractivity (Wildman–Crippen MR) is 144 cm³/mol. The fraction of sp³-hybridized carbons (Fsp3) is 0.393. The summed E-state index contributed by atoms with van der Waals surface area (Å²) in [4.78, 5) is 15.4. The van der Waals surface area contributed by atoms with Crippen molar-refractivity contribution in [2.75, 3.05) is 34.4 Å². The van der Waals surface area contributed by atoms with Gasteiger partial charge < -0.3 is 24.1 Å². The van der Waals surface area contributed by atoms with Crippen LogP contribution in [0.4, 0.5) is 4.79 Å². The van der Waals surface area contributed by atoms with Gasteiger partial charge in [-0.25, -0.2) is 4.79 Å². The monoisotopic (exact) mass is 509 g/mol. The summed E-state index contributed by atoms with van der Waals surface area (Å²) in [5.74, 6) is 1.58. The summed E-state index contributed by atoms with van der Waals surface area (Å²) in [6, 6.07) is 18.9. The summed E-state index contributed by atoms with van der Waals surface area (Å²) >= 11 is 1.83. The number of hydrogen-bond acceptors (Lipinski definition) is 6. The Morgan fingerprint density at radius 2 is 1.86 bits per heavy atom. The van der Waals surface area contributed by atoms with Gasteiger partial charge in [-0.1, -0.05) is 18.2 Å². The van der Waals surface area contributed by atoms with Crippen LogP contribution in [0, 0.1) is 0 Å². The van der Waals surface area contributed by atoms with E-state index in [9.17, 15) is 4.79 Å². The highest BCUT2D eigenvalue weighted by atomic mass is 32.2. The minimum Gasteiger partial charge on any atom is -0.497 e. The van der Waals surface area contributed by atoms with Crippen LogP contribution in [0.5, 0.6) is 11.5 Å². The van der Waals surface area contributed by atoms with Gasteiger partial charge in [0.2, 0.25) is 0 Å². The highest BCUT2D eigenvalue weighted by molar-refractivity contribution is 8.00. The normalized spacial score (nSPS) is 14.7. The third-order valence-electron chi connectivity index (χ3n) is 5.93. The van der Waals surface area contributed by atoms with Gasteiger partial charge in [-0.05, 0) is 58.2 Å². The van der Waals surface area contributed by atoms with Crippen molar-refractivity contribution in [1.29, 1.82) is 0 Å². The van der Waals surface area contributed by atoms with E-state index in [2.05, 4.69) is 64.3 Å². The number of fused-ring (bicyclic) bond motifs is 3. The molecule has 0 bridgehead atoms. The number of alkyl carbamates (subject to hydrolysis) is 1.